The lowest BCUT2D eigenvalue weighted by Crippen LogP contribution is -2.08. The van der Waals surface area contributed by atoms with E-state index < -0.39 is 5.97 Å². The maximum absolute atomic E-state index is 10.5. The van der Waals surface area contributed by atoms with Crippen LogP contribution in [0.3, 0.4) is 0 Å². The molecule has 1 aliphatic heterocycles. The van der Waals surface area contributed by atoms with Gasteiger partial charge in [0.05, 0.1) is 0 Å². The van der Waals surface area contributed by atoms with Gasteiger partial charge in [0.1, 0.15) is 0 Å². The Morgan fingerprint density at radius 1 is 1.44 bits per heavy atom. The zero-order chi connectivity index (χ0) is 11.5. The van der Waals surface area contributed by atoms with Crippen LogP contribution in [0.25, 0.3) is 0 Å². The quantitative estimate of drug-likeness (QED) is 0.842. The van der Waals surface area contributed by atoms with Gasteiger partial charge in [-0.2, -0.15) is 0 Å². The van der Waals surface area contributed by atoms with Gasteiger partial charge in [0.2, 0.25) is 0 Å². The van der Waals surface area contributed by atoms with Gasteiger partial charge in [-0.05, 0) is 36.6 Å². The van der Waals surface area contributed by atoms with Crippen LogP contribution in [0.4, 0.5) is 0 Å². The van der Waals surface area contributed by atoms with Gasteiger partial charge in [-0.1, -0.05) is 18.2 Å². The van der Waals surface area contributed by atoms with Gasteiger partial charge in [-0.15, -0.1) is 0 Å². The topological polar surface area (TPSA) is 40.5 Å². The van der Waals surface area contributed by atoms with E-state index in [-0.39, 0.29) is 6.42 Å². The molecule has 0 atom stereocenters. The first-order valence-corrected chi connectivity index (χ1v) is 5.67. The van der Waals surface area contributed by atoms with Crippen LogP contribution in [-0.2, 0) is 24.3 Å². The molecule has 1 aliphatic rings. The van der Waals surface area contributed by atoms with Gasteiger partial charge in [0.25, 0.3) is 0 Å². The van der Waals surface area contributed by atoms with E-state index in [0.29, 0.717) is 0 Å². The van der Waals surface area contributed by atoms with Crippen molar-refractivity contribution < 1.29 is 9.90 Å². The van der Waals surface area contributed by atoms with Crippen molar-refractivity contribution in [1.82, 2.24) is 4.90 Å². The third-order valence-corrected chi connectivity index (χ3v) is 3.08. The molecule has 0 aromatic heterocycles. The SMILES string of the molecule is CN1Cc2cccc(CCCC(=O)O)c2C1. The molecule has 3 heteroatoms. The van der Waals surface area contributed by atoms with Crippen molar-refractivity contribution in [3.8, 4) is 0 Å². The number of nitrogens with zero attached hydrogens (tertiary/aromatic N) is 1. The second kappa shape index (κ2) is 4.66. The Bertz CT molecular complexity index is 401. The first-order valence-electron chi connectivity index (χ1n) is 5.67. The molecule has 1 aromatic carbocycles. The molecule has 0 unspecified atom stereocenters. The first kappa shape index (κ1) is 11.1. The number of hydrogen-bond donors (Lipinski definition) is 1. The maximum atomic E-state index is 10.5. The van der Waals surface area contributed by atoms with Crippen LogP contribution in [0.15, 0.2) is 18.2 Å². The number of carboxylic acid groups (broad SMARTS) is 1. The zero-order valence-corrected chi connectivity index (χ0v) is 9.57. The number of benzene rings is 1. The molecule has 0 radical (unpaired) electrons. The summed E-state index contributed by atoms with van der Waals surface area (Å²) >= 11 is 0. The highest BCUT2D eigenvalue weighted by atomic mass is 16.4. The molecule has 0 spiro atoms. The second-order valence-corrected chi connectivity index (χ2v) is 4.47. The Morgan fingerprint density at radius 3 is 3.00 bits per heavy atom. The predicted molar refractivity (Wildman–Crippen MR) is 62.2 cm³/mol. The van der Waals surface area contributed by atoms with Crippen molar-refractivity contribution in [3.63, 3.8) is 0 Å². The van der Waals surface area contributed by atoms with Crippen molar-refractivity contribution >= 4 is 5.97 Å². The molecular weight excluding hydrogens is 202 g/mol. The van der Waals surface area contributed by atoms with Crippen LogP contribution in [0.5, 0.6) is 0 Å². The summed E-state index contributed by atoms with van der Waals surface area (Å²) in [5, 5.41) is 8.62. The minimum absolute atomic E-state index is 0.263. The van der Waals surface area contributed by atoms with Crippen LogP contribution in [0, 0.1) is 0 Å². The van der Waals surface area contributed by atoms with Gasteiger partial charge >= 0.3 is 5.97 Å². The molecule has 0 amide bonds. The molecule has 16 heavy (non-hydrogen) atoms. The fourth-order valence-electron chi connectivity index (χ4n) is 2.32. The molecule has 0 saturated heterocycles. The van der Waals surface area contributed by atoms with Gasteiger partial charge in [-0.25, -0.2) is 0 Å². The van der Waals surface area contributed by atoms with Crippen molar-refractivity contribution in [2.24, 2.45) is 0 Å². The molecule has 0 bridgehead atoms. The van der Waals surface area contributed by atoms with Crippen LogP contribution in [-0.4, -0.2) is 23.0 Å². The van der Waals surface area contributed by atoms with Crippen molar-refractivity contribution in [2.45, 2.75) is 32.4 Å². The molecule has 3 nitrogen and oxygen atoms in total. The zero-order valence-electron chi connectivity index (χ0n) is 9.57. The van der Waals surface area contributed by atoms with Gasteiger partial charge in [0.15, 0.2) is 0 Å². The van der Waals surface area contributed by atoms with Crippen LogP contribution in [0.2, 0.25) is 0 Å². The highest BCUT2D eigenvalue weighted by molar-refractivity contribution is 5.66. The van der Waals surface area contributed by atoms with Crippen molar-refractivity contribution in [3.05, 3.63) is 34.9 Å². The van der Waals surface area contributed by atoms with Gasteiger partial charge in [0, 0.05) is 19.5 Å². The number of aryl methyl sites for hydroxylation is 1. The predicted octanol–water partition coefficient (Wildman–Crippen LogP) is 2.04. The lowest BCUT2D eigenvalue weighted by atomic mass is 9.99. The number of hydrogen-bond acceptors (Lipinski definition) is 2. The number of rotatable bonds is 4. The average Bonchev–Trinajstić information content (AvgIpc) is 2.58. The highest BCUT2D eigenvalue weighted by Gasteiger charge is 2.17. The minimum atomic E-state index is -0.704. The number of fused-ring (bicyclic) bond motifs is 1. The largest absolute Gasteiger partial charge is 0.481 e. The van der Waals surface area contributed by atoms with E-state index in [1.165, 1.54) is 16.7 Å². The molecule has 1 heterocycles. The molecular formula is C13H17NO2. The molecule has 1 aromatic rings. The highest BCUT2D eigenvalue weighted by Crippen LogP contribution is 2.25. The lowest BCUT2D eigenvalue weighted by Gasteiger charge is -2.07. The van der Waals surface area contributed by atoms with E-state index in [2.05, 4.69) is 30.1 Å². The summed E-state index contributed by atoms with van der Waals surface area (Å²) in [5.74, 6) is -0.704. The van der Waals surface area contributed by atoms with E-state index in [9.17, 15) is 4.79 Å². The van der Waals surface area contributed by atoms with Gasteiger partial charge < -0.3 is 5.11 Å². The molecule has 0 aliphatic carbocycles. The van der Waals surface area contributed by atoms with Crippen LogP contribution in [0.1, 0.15) is 29.5 Å². The number of aliphatic carboxylic acids is 1. The fraction of sp³-hybridized carbons (Fsp3) is 0.462. The van der Waals surface area contributed by atoms with Crippen molar-refractivity contribution in [2.75, 3.05) is 7.05 Å². The molecule has 2 rings (SSSR count). The van der Waals surface area contributed by atoms with Crippen LogP contribution >= 0.6 is 0 Å². The monoisotopic (exact) mass is 219 g/mol. The average molecular weight is 219 g/mol. The van der Waals surface area contributed by atoms with E-state index in [1.54, 1.807) is 0 Å². The molecule has 1 N–H and O–H groups in total. The Morgan fingerprint density at radius 2 is 2.25 bits per heavy atom. The normalized spacial score (nSPS) is 15.1. The Kier molecular flexibility index (Phi) is 3.25. The van der Waals surface area contributed by atoms with E-state index in [1.807, 2.05) is 0 Å². The van der Waals surface area contributed by atoms with Crippen molar-refractivity contribution in [1.29, 1.82) is 0 Å². The molecule has 0 saturated carbocycles. The lowest BCUT2D eigenvalue weighted by molar-refractivity contribution is -0.137. The first-order chi connectivity index (χ1) is 7.66. The Hall–Kier alpha value is -1.35. The minimum Gasteiger partial charge on any atom is -0.481 e. The maximum Gasteiger partial charge on any atom is 0.303 e. The summed E-state index contributed by atoms with van der Waals surface area (Å²) in [6.45, 7) is 2.01. The smallest absolute Gasteiger partial charge is 0.303 e. The van der Waals surface area contributed by atoms with E-state index in [0.717, 1.165) is 25.9 Å². The van der Waals surface area contributed by atoms with Crippen LogP contribution < -0.4 is 0 Å². The number of carboxylic acids is 1. The standard InChI is InChI=1S/C13H17NO2/c1-14-8-11-6-2-4-10(12(11)9-14)5-3-7-13(15)16/h2,4,6H,3,5,7-9H2,1H3,(H,15,16). The van der Waals surface area contributed by atoms with E-state index >= 15 is 0 Å². The third kappa shape index (κ3) is 2.42. The number of carbonyl (C=O) groups is 1. The second-order valence-electron chi connectivity index (χ2n) is 4.47. The van der Waals surface area contributed by atoms with Gasteiger partial charge in [-0.3, -0.25) is 9.69 Å². The summed E-state index contributed by atoms with van der Waals surface area (Å²) < 4.78 is 0. The summed E-state index contributed by atoms with van der Waals surface area (Å²) in [4.78, 5) is 12.8. The Balaban J connectivity index is 2.05. The summed E-state index contributed by atoms with van der Waals surface area (Å²) in [7, 11) is 2.11. The molecule has 0 fully saturated rings. The Labute approximate surface area is 95.7 Å². The third-order valence-electron chi connectivity index (χ3n) is 3.08. The van der Waals surface area contributed by atoms with E-state index in [4.69, 9.17) is 5.11 Å². The summed E-state index contributed by atoms with van der Waals surface area (Å²) in [5.41, 5.74) is 4.13. The molecule has 86 valence electrons. The summed E-state index contributed by atoms with van der Waals surface area (Å²) in [6, 6.07) is 6.37. The summed E-state index contributed by atoms with van der Waals surface area (Å²) in [6.07, 6.45) is 1.87. The fourth-order valence-corrected chi connectivity index (χ4v) is 2.32.